The Hall–Kier alpha value is -2.86. The van der Waals surface area contributed by atoms with Crippen molar-refractivity contribution in [2.45, 2.75) is 6.54 Å². The van der Waals surface area contributed by atoms with Gasteiger partial charge in [-0.1, -0.05) is 28.8 Å². The zero-order chi connectivity index (χ0) is 15.6. The van der Waals surface area contributed by atoms with Crippen LogP contribution in [0.5, 0.6) is 0 Å². The summed E-state index contributed by atoms with van der Waals surface area (Å²) in [5.41, 5.74) is 2.85. The fourth-order valence-electron chi connectivity index (χ4n) is 2.31. The Morgan fingerprint density at radius 3 is 3.00 bits per heavy atom. The van der Waals surface area contributed by atoms with Gasteiger partial charge in [-0.3, -0.25) is 5.10 Å². The summed E-state index contributed by atoms with van der Waals surface area (Å²) < 4.78 is 5.65. The number of rotatable bonds is 4. The molecular formula is C16H12ClN5O. The first-order chi connectivity index (χ1) is 11.3. The van der Waals surface area contributed by atoms with Crippen molar-refractivity contribution in [2.75, 3.05) is 5.32 Å². The van der Waals surface area contributed by atoms with Crippen molar-refractivity contribution in [3.8, 4) is 11.5 Å². The molecule has 0 amide bonds. The normalized spacial score (nSPS) is 11.0. The molecule has 2 aromatic heterocycles. The van der Waals surface area contributed by atoms with Crippen molar-refractivity contribution in [2.24, 2.45) is 0 Å². The van der Waals surface area contributed by atoms with Crippen LogP contribution in [-0.4, -0.2) is 20.4 Å². The second-order valence-corrected chi connectivity index (χ2v) is 5.50. The quantitative estimate of drug-likeness (QED) is 0.595. The number of nitrogens with one attached hydrogen (secondary N) is 2. The van der Waals surface area contributed by atoms with Crippen LogP contribution in [-0.2, 0) is 6.54 Å². The molecule has 4 rings (SSSR count). The molecule has 0 unspecified atom stereocenters. The van der Waals surface area contributed by atoms with Gasteiger partial charge < -0.3 is 9.73 Å². The fraction of sp³-hybridized carbons (Fsp3) is 0.0625. The molecule has 0 atom stereocenters. The number of nitrogens with zero attached hydrogens (tertiary/aromatic N) is 3. The molecule has 4 aromatic rings. The van der Waals surface area contributed by atoms with Crippen molar-refractivity contribution in [3.63, 3.8) is 0 Å². The topological polar surface area (TPSA) is 79.6 Å². The number of halogens is 1. The van der Waals surface area contributed by atoms with E-state index in [1.807, 2.05) is 42.5 Å². The third-order valence-electron chi connectivity index (χ3n) is 3.44. The summed E-state index contributed by atoms with van der Waals surface area (Å²) in [4.78, 5) is 0. The van der Waals surface area contributed by atoms with Crippen LogP contribution in [0.4, 0.5) is 6.01 Å². The summed E-state index contributed by atoms with van der Waals surface area (Å²) in [7, 11) is 0. The van der Waals surface area contributed by atoms with Gasteiger partial charge in [-0.25, -0.2) is 0 Å². The van der Waals surface area contributed by atoms with E-state index in [0.717, 1.165) is 22.0 Å². The zero-order valence-electron chi connectivity index (χ0n) is 12.0. The van der Waals surface area contributed by atoms with Crippen LogP contribution >= 0.6 is 11.6 Å². The minimum absolute atomic E-state index is 0.368. The summed E-state index contributed by atoms with van der Waals surface area (Å²) in [6.45, 7) is 0.558. The molecule has 7 heteroatoms. The molecule has 2 aromatic carbocycles. The zero-order valence-corrected chi connectivity index (χ0v) is 12.7. The SMILES string of the molecule is Clc1cccc(CNc2nnc(-c3ccc4[nH]ncc4c3)o2)c1. The molecule has 2 N–H and O–H groups in total. The van der Waals surface area contributed by atoms with E-state index in [-0.39, 0.29) is 0 Å². The maximum atomic E-state index is 5.96. The van der Waals surface area contributed by atoms with Gasteiger partial charge in [0, 0.05) is 22.5 Å². The van der Waals surface area contributed by atoms with Gasteiger partial charge in [0.2, 0.25) is 5.89 Å². The summed E-state index contributed by atoms with van der Waals surface area (Å²) in [5.74, 6) is 0.460. The Morgan fingerprint density at radius 2 is 2.09 bits per heavy atom. The molecule has 0 aliphatic rings. The highest BCUT2D eigenvalue weighted by molar-refractivity contribution is 6.30. The van der Waals surface area contributed by atoms with Gasteiger partial charge in [0.05, 0.1) is 11.7 Å². The van der Waals surface area contributed by atoms with E-state index in [9.17, 15) is 0 Å². The number of hydrogen-bond acceptors (Lipinski definition) is 5. The second kappa shape index (κ2) is 5.73. The highest BCUT2D eigenvalue weighted by Gasteiger charge is 2.09. The van der Waals surface area contributed by atoms with Gasteiger partial charge in [-0.15, -0.1) is 5.10 Å². The number of fused-ring (bicyclic) bond motifs is 1. The number of H-pyrrole nitrogens is 1. The van der Waals surface area contributed by atoms with E-state index >= 15 is 0 Å². The Morgan fingerprint density at radius 1 is 1.13 bits per heavy atom. The lowest BCUT2D eigenvalue weighted by molar-refractivity contribution is 0.581. The van der Waals surface area contributed by atoms with Crippen molar-refractivity contribution in [1.29, 1.82) is 0 Å². The summed E-state index contributed by atoms with van der Waals surface area (Å²) in [6, 6.07) is 13.8. The average molecular weight is 326 g/mol. The van der Waals surface area contributed by atoms with E-state index < -0.39 is 0 Å². The smallest absolute Gasteiger partial charge is 0.316 e. The molecule has 0 aliphatic carbocycles. The molecule has 2 heterocycles. The van der Waals surface area contributed by atoms with Crippen LogP contribution in [0.15, 0.2) is 53.1 Å². The predicted octanol–water partition coefficient (Wildman–Crippen LogP) is 3.88. The lowest BCUT2D eigenvalue weighted by Gasteiger charge is -2.01. The molecule has 0 saturated carbocycles. The van der Waals surface area contributed by atoms with Crippen LogP contribution in [0.3, 0.4) is 0 Å². The number of anilines is 1. The molecule has 0 radical (unpaired) electrons. The monoisotopic (exact) mass is 325 g/mol. The van der Waals surface area contributed by atoms with Crippen LogP contribution in [0.2, 0.25) is 5.02 Å². The van der Waals surface area contributed by atoms with E-state index in [1.54, 1.807) is 6.20 Å². The summed E-state index contributed by atoms with van der Waals surface area (Å²) >= 11 is 5.96. The number of benzene rings is 2. The Balaban J connectivity index is 1.52. The number of hydrogen-bond donors (Lipinski definition) is 2. The number of aromatic amines is 1. The molecule has 0 bridgehead atoms. The summed E-state index contributed by atoms with van der Waals surface area (Å²) in [5, 5.41) is 19.8. The Kier molecular flexibility index (Phi) is 3.44. The lowest BCUT2D eigenvalue weighted by Crippen LogP contribution is -1.99. The maximum absolute atomic E-state index is 5.96. The molecule has 114 valence electrons. The van der Waals surface area contributed by atoms with Crippen LogP contribution in [0, 0.1) is 0 Å². The van der Waals surface area contributed by atoms with Crippen LogP contribution in [0.1, 0.15) is 5.56 Å². The van der Waals surface area contributed by atoms with Gasteiger partial charge in [0.15, 0.2) is 0 Å². The predicted molar refractivity (Wildman–Crippen MR) is 88.2 cm³/mol. The first-order valence-corrected chi connectivity index (χ1v) is 7.41. The van der Waals surface area contributed by atoms with Crippen LogP contribution in [0.25, 0.3) is 22.4 Å². The molecule has 0 aliphatic heterocycles. The third kappa shape index (κ3) is 2.89. The van der Waals surface area contributed by atoms with Gasteiger partial charge >= 0.3 is 6.01 Å². The number of aromatic nitrogens is 4. The molecule has 0 saturated heterocycles. The van der Waals surface area contributed by atoms with Gasteiger partial charge in [0.1, 0.15) is 0 Å². The summed E-state index contributed by atoms with van der Waals surface area (Å²) in [6.07, 6.45) is 1.76. The third-order valence-corrected chi connectivity index (χ3v) is 3.68. The fourth-order valence-corrected chi connectivity index (χ4v) is 2.52. The van der Waals surface area contributed by atoms with E-state index in [1.165, 1.54) is 0 Å². The molecule has 0 fully saturated rings. The first kappa shape index (κ1) is 13.8. The molecule has 23 heavy (non-hydrogen) atoms. The van der Waals surface area contributed by atoms with Gasteiger partial charge in [0.25, 0.3) is 0 Å². The van der Waals surface area contributed by atoms with Gasteiger partial charge in [-0.2, -0.15) is 5.10 Å². The van der Waals surface area contributed by atoms with Crippen molar-refractivity contribution in [1.82, 2.24) is 20.4 Å². The van der Waals surface area contributed by atoms with E-state index in [0.29, 0.717) is 23.5 Å². The van der Waals surface area contributed by atoms with Crippen molar-refractivity contribution >= 4 is 28.5 Å². The van der Waals surface area contributed by atoms with E-state index in [4.69, 9.17) is 16.0 Å². The second-order valence-electron chi connectivity index (χ2n) is 5.07. The molecule has 0 spiro atoms. The lowest BCUT2D eigenvalue weighted by atomic mass is 10.1. The standard InChI is InChI=1S/C16H12ClN5O/c17-13-3-1-2-10(6-13)8-18-16-22-21-15(23-16)11-4-5-14-12(7-11)9-19-20-14/h1-7,9H,8H2,(H,18,22)(H,19,20). The highest BCUT2D eigenvalue weighted by atomic mass is 35.5. The molecular weight excluding hydrogens is 314 g/mol. The largest absolute Gasteiger partial charge is 0.403 e. The average Bonchev–Trinajstić information content (AvgIpc) is 3.21. The van der Waals surface area contributed by atoms with E-state index in [2.05, 4.69) is 25.7 Å². The first-order valence-electron chi connectivity index (χ1n) is 7.03. The minimum atomic E-state index is 0.368. The Bertz CT molecular complexity index is 962. The molecule has 6 nitrogen and oxygen atoms in total. The minimum Gasteiger partial charge on any atom is -0.403 e. The van der Waals surface area contributed by atoms with Crippen molar-refractivity contribution < 1.29 is 4.42 Å². The highest BCUT2D eigenvalue weighted by Crippen LogP contribution is 2.23. The maximum Gasteiger partial charge on any atom is 0.316 e. The van der Waals surface area contributed by atoms with Gasteiger partial charge in [-0.05, 0) is 35.9 Å². The van der Waals surface area contributed by atoms with Crippen LogP contribution < -0.4 is 5.32 Å². The van der Waals surface area contributed by atoms with Crippen molar-refractivity contribution in [3.05, 3.63) is 59.2 Å². The Labute approximate surface area is 136 Å².